The summed E-state index contributed by atoms with van der Waals surface area (Å²) in [5.74, 6) is 0. The molecule has 0 spiro atoms. The van der Waals surface area contributed by atoms with E-state index in [1.165, 1.54) is 57.8 Å². The van der Waals surface area contributed by atoms with Gasteiger partial charge in [0.2, 0.25) is 0 Å². The summed E-state index contributed by atoms with van der Waals surface area (Å²) in [7, 11) is 0. The number of ether oxygens (including phenoxy) is 1. The number of hydrogen-bond acceptors (Lipinski definition) is 3. The second-order valence-electron chi connectivity index (χ2n) is 6.04. The van der Waals surface area contributed by atoms with Crippen molar-refractivity contribution in [3.63, 3.8) is 0 Å². The van der Waals surface area contributed by atoms with Crippen molar-refractivity contribution in [1.82, 2.24) is 0 Å². The van der Waals surface area contributed by atoms with Crippen molar-refractivity contribution in [2.75, 3.05) is 6.61 Å². The summed E-state index contributed by atoms with van der Waals surface area (Å²) in [5.41, 5.74) is 5.29. The van der Waals surface area contributed by atoms with Crippen LogP contribution in [0.15, 0.2) is 0 Å². The fraction of sp³-hybridized carbons (Fsp3) is 1.00. The second kappa shape index (κ2) is 9.73. The molecular formula is C16H33NO2. The van der Waals surface area contributed by atoms with E-state index in [0.717, 1.165) is 12.8 Å². The molecule has 114 valence electrons. The van der Waals surface area contributed by atoms with E-state index in [1.807, 2.05) is 0 Å². The fourth-order valence-corrected chi connectivity index (χ4v) is 2.83. The first-order chi connectivity index (χ1) is 9.19. The molecule has 0 aromatic rings. The first-order valence-corrected chi connectivity index (χ1v) is 8.30. The van der Waals surface area contributed by atoms with Crippen LogP contribution in [0.5, 0.6) is 0 Å². The smallest absolute Gasteiger partial charge is 0.142 e. The Kier molecular flexibility index (Phi) is 8.67. The van der Waals surface area contributed by atoms with Crippen molar-refractivity contribution in [2.45, 2.75) is 95.8 Å². The third kappa shape index (κ3) is 6.73. The largest absolute Gasteiger partial charge is 0.389 e. The average Bonchev–Trinajstić information content (AvgIpc) is 2.72. The second-order valence-corrected chi connectivity index (χ2v) is 6.04. The molecule has 0 bridgehead atoms. The molecule has 1 aliphatic heterocycles. The fourth-order valence-electron chi connectivity index (χ4n) is 2.83. The van der Waals surface area contributed by atoms with Gasteiger partial charge in [0.05, 0.1) is 12.7 Å². The number of unbranched alkanes of at least 4 members (excludes halogenated alkanes) is 9. The van der Waals surface area contributed by atoms with E-state index in [-0.39, 0.29) is 0 Å². The van der Waals surface area contributed by atoms with Gasteiger partial charge in [-0.1, -0.05) is 64.7 Å². The predicted octanol–water partition coefficient (Wildman–Crippen LogP) is 3.73. The van der Waals surface area contributed by atoms with Crippen LogP contribution in [0.25, 0.3) is 0 Å². The van der Waals surface area contributed by atoms with Crippen LogP contribution >= 0.6 is 0 Å². The summed E-state index contributed by atoms with van der Waals surface area (Å²) in [5, 5.41) is 9.74. The minimum Gasteiger partial charge on any atom is -0.389 e. The van der Waals surface area contributed by atoms with E-state index in [4.69, 9.17) is 10.5 Å². The van der Waals surface area contributed by atoms with Gasteiger partial charge in [-0.3, -0.25) is 0 Å². The quantitative estimate of drug-likeness (QED) is 0.563. The summed E-state index contributed by atoms with van der Waals surface area (Å²) in [6, 6.07) is 0. The lowest BCUT2D eigenvalue weighted by Crippen LogP contribution is -2.48. The molecule has 1 saturated heterocycles. The Labute approximate surface area is 118 Å². The van der Waals surface area contributed by atoms with E-state index < -0.39 is 11.8 Å². The molecule has 3 heteroatoms. The van der Waals surface area contributed by atoms with Gasteiger partial charge in [-0.15, -0.1) is 0 Å². The number of hydrogen-bond donors (Lipinski definition) is 2. The highest BCUT2D eigenvalue weighted by atomic mass is 16.5. The molecule has 0 aliphatic carbocycles. The zero-order valence-corrected chi connectivity index (χ0v) is 12.7. The van der Waals surface area contributed by atoms with Gasteiger partial charge in [-0.05, 0) is 12.8 Å². The Hall–Kier alpha value is -0.120. The summed E-state index contributed by atoms with van der Waals surface area (Å²) < 4.78 is 5.46. The van der Waals surface area contributed by atoms with Crippen molar-refractivity contribution in [3.05, 3.63) is 0 Å². The molecular weight excluding hydrogens is 238 g/mol. The van der Waals surface area contributed by atoms with E-state index in [2.05, 4.69) is 6.92 Å². The average molecular weight is 271 g/mol. The van der Waals surface area contributed by atoms with Crippen LogP contribution in [0.3, 0.4) is 0 Å². The van der Waals surface area contributed by atoms with Crippen molar-refractivity contribution >= 4 is 0 Å². The maximum atomic E-state index is 9.74. The van der Waals surface area contributed by atoms with Crippen molar-refractivity contribution < 1.29 is 9.84 Å². The number of rotatable bonds is 11. The topological polar surface area (TPSA) is 55.5 Å². The maximum Gasteiger partial charge on any atom is 0.142 e. The zero-order valence-electron chi connectivity index (χ0n) is 12.7. The van der Waals surface area contributed by atoms with Crippen LogP contribution in [-0.4, -0.2) is 23.5 Å². The molecule has 1 fully saturated rings. The molecule has 2 atom stereocenters. The first-order valence-electron chi connectivity index (χ1n) is 8.30. The van der Waals surface area contributed by atoms with Crippen LogP contribution in [0.1, 0.15) is 84.0 Å². The lowest BCUT2D eigenvalue weighted by atomic mass is 9.99. The van der Waals surface area contributed by atoms with Gasteiger partial charge in [-0.2, -0.15) is 0 Å². The Morgan fingerprint density at radius 2 is 1.53 bits per heavy atom. The van der Waals surface area contributed by atoms with Crippen LogP contribution in [0.2, 0.25) is 0 Å². The van der Waals surface area contributed by atoms with Crippen LogP contribution < -0.4 is 5.73 Å². The third-order valence-corrected chi connectivity index (χ3v) is 4.25. The zero-order chi connectivity index (χ0) is 14.0. The predicted molar refractivity (Wildman–Crippen MR) is 80.0 cm³/mol. The van der Waals surface area contributed by atoms with Crippen LogP contribution in [0, 0.1) is 0 Å². The van der Waals surface area contributed by atoms with E-state index >= 15 is 0 Å². The maximum absolute atomic E-state index is 9.74. The Bertz CT molecular complexity index is 223. The van der Waals surface area contributed by atoms with Crippen molar-refractivity contribution in [2.24, 2.45) is 5.73 Å². The normalized spacial score (nSPS) is 27.0. The summed E-state index contributed by atoms with van der Waals surface area (Å²) >= 11 is 0. The van der Waals surface area contributed by atoms with Gasteiger partial charge in [0.25, 0.3) is 0 Å². The van der Waals surface area contributed by atoms with E-state index in [1.54, 1.807) is 0 Å². The van der Waals surface area contributed by atoms with Gasteiger partial charge in [0.15, 0.2) is 0 Å². The molecule has 1 aliphatic rings. The summed E-state index contributed by atoms with van der Waals surface area (Å²) in [6.45, 7) is 2.87. The monoisotopic (exact) mass is 271 g/mol. The minimum atomic E-state index is -0.750. The Balaban J connectivity index is 1.86. The molecule has 3 N–H and O–H groups in total. The van der Waals surface area contributed by atoms with Gasteiger partial charge >= 0.3 is 0 Å². The molecule has 0 radical (unpaired) electrons. The Morgan fingerprint density at radius 1 is 1.00 bits per heavy atom. The molecule has 1 heterocycles. The van der Waals surface area contributed by atoms with Gasteiger partial charge in [0.1, 0.15) is 5.72 Å². The standard InChI is InChI=1S/C16H33NO2/c1-2-3-4-5-6-7-8-9-10-11-13-16(17)15(18)12-14-19-16/h15,18H,2-14,17H2,1H3. The van der Waals surface area contributed by atoms with Gasteiger partial charge in [-0.25, -0.2) is 0 Å². The SMILES string of the molecule is CCCCCCCCCCCCC1(N)OCCC1O. The van der Waals surface area contributed by atoms with Crippen LogP contribution in [-0.2, 0) is 4.74 Å². The number of aliphatic hydroxyl groups is 1. The highest BCUT2D eigenvalue weighted by Crippen LogP contribution is 2.26. The van der Waals surface area contributed by atoms with Gasteiger partial charge < -0.3 is 15.6 Å². The van der Waals surface area contributed by atoms with E-state index in [0.29, 0.717) is 13.0 Å². The lowest BCUT2D eigenvalue weighted by Gasteiger charge is -2.26. The van der Waals surface area contributed by atoms with Crippen molar-refractivity contribution in [3.8, 4) is 0 Å². The number of nitrogens with two attached hydrogens (primary N) is 1. The van der Waals surface area contributed by atoms with E-state index in [9.17, 15) is 5.11 Å². The molecule has 2 unspecified atom stereocenters. The molecule has 0 amide bonds. The molecule has 1 rings (SSSR count). The number of aliphatic hydroxyl groups excluding tert-OH is 1. The van der Waals surface area contributed by atoms with Crippen LogP contribution in [0.4, 0.5) is 0 Å². The highest BCUT2D eigenvalue weighted by Gasteiger charge is 2.38. The minimum absolute atomic E-state index is 0.467. The molecule has 0 aromatic carbocycles. The lowest BCUT2D eigenvalue weighted by molar-refractivity contribution is -0.0603. The first kappa shape index (κ1) is 16.9. The summed E-state index contributed by atoms with van der Waals surface area (Å²) in [6.07, 6.45) is 14.2. The highest BCUT2D eigenvalue weighted by molar-refractivity contribution is 4.87. The third-order valence-electron chi connectivity index (χ3n) is 4.25. The summed E-state index contributed by atoms with van der Waals surface area (Å²) in [4.78, 5) is 0. The van der Waals surface area contributed by atoms with Crippen molar-refractivity contribution in [1.29, 1.82) is 0 Å². The molecule has 0 aromatic heterocycles. The van der Waals surface area contributed by atoms with Gasteiger partial charge in [0, 0.05) is 6.42 Å². The molecule has 0 saturated carbocycles. The Morgan fingerprint density at radius 3 is 2.00 bits per heavy atom. The molecule has 19 heavy (non-hydrogen) atoms. The molecule has 3 nitrogen and oxygen atoms in total.